The third-order valence-electron chi connectivity index (χ3n) is 4.98. The van der Waals surface area contributed by atoms with Crippen molar-refractivity contribution in [2.45, 2.75) is 19.3 Å². The fourth-order valence-corrected chi connectivity index (χ4v) is 3.52. The lowest BCUT2D eigenvalue weighted by Gasteiger charge is -2.16. The molecule has 2 heterocycles. The minimum absolute atomic E-state index is 0.0117. The van der Waals surface area contributed by atoms with Gasteiger partial charge in [0.15, 0.2) is 0 Å². The number of carbonyl (C=O) groups excluding carboxylic acids is 4. The Labute approximate surface area is 161 Å². The number of rotatable bonds is 5. The quantitative estimate of drug-likeness (QED) is 0.811. The Morgan fingerprint density at radius 2 is 1.57 bits per heavy atom. The average Bonchev–Trinajstić information content (AvgIpc) is 3.23. The molecule has 0 bridgehead atoms. The molecule has 4 rings (SSSR count). The monoisotopic (exact) mass is 377 g/mol. The van der Waals surface area contributed by atoms with Gasteiger partial charge in [-0.1, -0.05) is 12.1 Å². The summed E-state index contributed by atoms with van der Waals surface area (Å²) in [6, 6.07) is 13.7. The topological polar surface area (TPSA) is 86.8 Å². The van der Waals surface area contributed by atoms with Crippen molar-refractivity contribution < 1.29 is 19.2 Å². The van der Waals surface area contributed by atoms with Crippen molar-refractivity contribution in [2.75, 3.05) is 23.3 Å². The SMILES string of the molecule is O=C(CCN1C(=O)c2ccccc2C1=O)Nc1ccc(N2CCCC2=O)cc1. The number of fused-ring (bicyclic) bond motifs is 1. The maximum atomic E-state index is 12.3. The molecule has 28 heavy (non-hydrogen) atoms. The highest BCUT2D eigenvalue weighted by Gasteiger charge is 2.34. The summed E-state index contributed by atoms with van der Waals surface area (Å²) in [6.45, 7) is 0.739. The number of carbonyl (C=O) groups is 4. The molecule has 0 aromatic heterocycles. The highest BCUT2D eigenvalue weighted by molar-refractivity contribution is 6.21. The van der Waals surface area contributed by atoms with E-state index in [-0.39, 0.29) is 36.6 Å². The van der Waals surface area contributed by atoms with E-state index in [2.05, 4.69) is 5.32 Å². The van der Waals surface area contributed by atoms with Crippen LogP contribution < -0.4 is 10.2 Å². The first kappa shape index (κ1) is 17.9. The number of anilines is 2. The van der Waals surface area contributed by atoms with E-state index in [1.165, 1.54) is 0 Å². The van der Waals surface area contributed by atoms with E-state index >= 15 is 0 Å². The van der Waals surface area contributed by atoms with Crippen molar-refractivity contribution >= 4 is 35.0 Å². The average molecular weight is 377 g/mol. The third kappa shape index (κ3) is 3.26. The van der Waals surface area contributed by atoms with Crippen LogP contribution in [0.5, 0.6) is 0 Å². The Hall–Kier alpha value is -3.48. The molecule has 2 aromatic carbocycles. The van der Waals surface area contributed by atoms with E-state index in [1.807, 2.05) is 0 Å². The van der Waals surface area contributed by atoms with Gasteiger partial charge in [-0.2, -0.15) is 0 Å². The van der Waals surface area contributed by atoms with Crippen molar-refractivity contribution in [3.05, 3.63) is 59.7 Å². The van der Waals surface area contributed by atoms with Crippen LogP contribution in [0.2, 0.25) is 0 Å². The zero-order valence-corrected chi connectivity index (χ0v) is 15.2. The van der Waals surface area contributed by atoms with E-state index in [4.69, 9.17) is 0 Å². The van der Waals surface area contributed by atoms with Gasteiger partial charge in [0.2, 0.25) is 11.8 Å². The van der Waals surface area contributed by atoms with Crippen LogP contribution in [0.1, 0.15) is 40.0 Å². The van der Waals surface area contributed by atoms with Gasteiger partial charge in [-0.05, 0) is 42.8 Å². The second kappa shape index (κ2) is 7.26. The molecular weight excluding hydrogens is 358 g/mol. The molecule has 0 atom stereocenters. The Balaban J connectivity index is 1.33. The molecule has 7 nitrogen and oxygen atoms in total. The van der Waals surface area contributed by atoms with Crippen molar-refractivity contribution in [1.82, 2.24) is 4.90 Å². The summed E-state index contributed by atoms with van der Waals surface area (Å²) >= 11 is 0. The summed E-state index contributed by atoms with van der Waals surface area (Å²) in [4.78, 5) is 51.5. The third-order valence-corrected chi connectivity index (χ3v) is 4.98. The maximum Gasteiger partial charge on any atom is 0.261 e. The number of benzene rings is 2. The van der Waals surface area contributed by atoms with Crippen LogP contribution in [0.3, 0.4) is 0 Å². The number of amides is 4. The standard InChI is InChI=1S/C21H19N3O4/c25-18(11-13-24-20(27)16-4-1-2-5-17(16)21(24)28)22-14-7-9-15(10-8-14)23-12-3-6-19(23)26/h1-2,4-5,7-10H,3,6,11-13H2,(H,22,25). The van der Waals surface area contributed by atoms with E-state index in [9.17, 15) is 19.2 Å². The summed E-state index contributed by atoms with van der Waals surface area (Å²) in [6.07, 6.45) is 1.43. The van der Waals surface area contributed by atoms with Crippen LogP contribution in [-0.2, 0) is 9.59 Å². The number of hydrogen-bond acceptors (Lipinski definition) is 4. The van der Waals surface area contributed by atoms with Crippen molar-refractivity contribution in [3.8, 4) is 0 Å². The molecule has 2 aliphatic heterocycles. The zero-order chi connectivity index (χ0) is 19.7. The summed E-state index contributed by atoms with van der Waals surface area (Å²) in [5.41, 5.74) is 2.16. The first-order valence-corrected chi connectivity index (χ1v) is 9.20. The number of nitrogens with one attached hydrogen (secondary N) is 1. The van der Waals surface area contributed by atoms with Crippen LogP contribution in [0.25, 0.3) is 0 Å². The summed E-state index contributed by atoms with van der Waals surface area (Å²) in [5, 5.41) is 2.75. The van der Waals surface area contributed by atoms with Crippen LogP contribution in [0, 0.1) is 0 Å². The minimum Gasteiger partial charge on any atom is -0.326 e. The molecular formula is C21H19N3O4. The first-order valence-electron chi connectivity index (χ1n) is 9.20. The lowest BCUT2D eigenvalue weighted by molar-refractivity contribution is -0.117. The molecule has 0 aliphatic carbocycles. The number of nitrogens with zero attached hydrogens (tertiary/aromatic N) is 2. The number of hydrogen-bond donors (Lipinski definition) is 1. The second-order valence-corrected chi connectivity index (χ2v) is 6.80. The smallest absolute Gasteiger partial charge is 0.261 e. The number of imide groups is 1. The van der Waals surface area contributed by atoms with Crippen molar-refractivity contribution in [2.24, 2.45) is 0 Å². The van der Waals surface area contributed by atoms with Crippen LogP contribution in [0.15, 0.2) is 48.5 Å². The Morgan fingerprint density at radius 3 is 2.14 bits per heavy atom. The maximum absolute atomic E-state index is 12.3. The fraction of sp³-hybridized carbons (Fsp3) is 0.238. The normalized spacial score (nSPS) is 15.9. The highest BCUT2D eigenvalue weighted by atomic mass is 16.2. The lowest BCUT2D eigenvalue weighted by Crippen LogP contribution is -2.32. The van der Waals surface area contributed by atoms with Gasteiger partial charge in [0, 0.05) is 37.3 Å². The van der Waals surface area contributed by atoms with Gasteiger partial charge >= 0.3 is 0 Å². The summed E-state index contributed by atoms with van der Waals surface area (Å²) < 4.78 is 0. The van der Waals surface area contributed by atoms with E-state index < -0.39 is 0 Å². The summed E-state index contributed by atoms with van der Waals surface area (Å²) in [5.74, 6) is -0.916. The molecule has 1 fully saturated rings. The van der Waals surface area contributed by atoms with Gasteiger partial charge in [-0.25, -0.2) is 0 Å². The Morgan fingerprint density at radius 1 is 0.929 bits per heavy atom. The molecule has 0 radical (unpaired) electrons. The van der Waals surface area contributed by atoms with Crippen LogP contribution in [0.4, 0.5) is 11.4 Å². The van der Waals surface area contributed by atoms with Crippen molar-refractivity contribution in [1.29, 1.82) is 0 Å². The van der Waals surface area contributed by atoms with Gasteiger partial charge in [0.25, 0.3) is 11.8 Å². The predicted octanol–water partition coefficient (Wildman–Crippen LogP) is 2.44. The largest absolute Gasteiger partial charge is 0.326 e. The van der Waals surface area contributed by atoms with Crippen LogP contribution >= 0.6 is 0 Å². The Bertz CT molecular complexity index is 933. The minimum atomic E-state index is -0.368. The highest BCUT2D eigenvalue weighted by Crippen LogP contribution is 2.24. The molecule has 7 heteroatoms. The molecule has 0 spiro atoms. The summed E-state index contributed by atoms with van der Waals surface area (Å²) in [7, 11) is 0. The van der Waals surface area contributed by atoms with Crippen LogP contribution in [-0.4, -0.2) is 41.6 Å². The first-order chi connectivity index (χ1) is 13.5. The zero-order valence-electron chi connectivity index (χ0n) is 15.2. The van der Waals surface area contributed by atoms with E-state index in [1.54, 1.807) is 53.4 Å². The molecule has 1 N–H and O–H groups in total. The van der Waals surface area contributed by atoms with Gasteiger partial charge in [0.05, 0.1) is 11.1 Å². The molecule has 142 valence electrons. The molecule has 0 unspecified atom stereocenters. The molecule has 4 amide bonds. The van der Waals surface area contributed by atoms with Gasteiger partial charge in [0.1, 0.15) is 0 Å². The van der Waals surface area contributed by atoms with Crippen molar-refractivity contribution in [3.63, 3.8) is 0 Å². The molecule has 1 saturated heterocycles. The van der Waals surface area contributed by atoms with Gasteiger partial charge in [-0.3, -0.25) is 24.1 Å². The fourth-order valence-electron chi connectivity index (χ4n) is 3.52. The van der Waals surface area contributed by atoms with Gasteiger partial charge in [-0.15, -0.1) is 0 Å². The van der Waals surface area contributed by atoms with E-state index in [0.717, 1.165) is 17.0 Å². The predicted molar refractivity (Wildman–Crippen MR) is 103 cm³/mol. The lowest BCUT2D eigenvalue weighted by atomic mass is 10.1. The Kier molecular flexibility index (Phi) is 4.65. The molecule has 2 aromatic rings. The second-order valence-electron chi connectivity index (χ2n) is 6.80. The van der Waals surface area contributed by atoms with E-state index in [0.29, 0.717) is 29.8 Å². The molecule has 2 aliphatic rings. The van der Waals surface area contributed by atoms with Gasteiger partial charge < -0.3 is 10.2 Å². The molecule has 0 saturated carbocycles.